The normalized spacial score (nSPS) is 14.6. The molecule has 0 aliphatic carbocycles. The van der Waals surface area contributed by atoms with Crippen molar-refractivity contribution in [3.8, 4) is 0 Å². The number of carbonyl (C=O) groups is 1. The molecule has 3 aromatic rings. The molecule has 2 heterocycles. The molecule has 2 aromatic carbocycles. The van der Waals surface area contributed by atoms with Gasteiger partial charge in [-0.2, -0.15) is 5.10 Å². The molecule has 138 valence electrons. The average molecular weight is 383 g/mol. The maximum atomic E-state index is 12.6. The first-order valence-corrected chi connectivity index (χ1v) is 9.23. The number of halogens is 1. The van der Waals surface area contributed by atoms with Crippen molar-refractivity contribution < 1.29 is 4.79 Å². The first-order chi connectivity index (χ1) is 13.1. The molecule has 0 radical (unpaired) electrons. The Kier molecular flexibility index (Phi) is 4.81. The molecule has 0 atom stereocenters. The molecule has 1 fully saturated rings. The van der Waals surface area contributed by atoms with Crippen molar-refractivity contribution in [2.24, 2.45) is 0 Å². The second-order valence-corrected chi connectivity index (χ2v) is 6.98. The van der Waals surface area contributed by atoms with Gasteiger partial charge in [0.1, 0.15) is 6.54 Å². The summed E-state index contributed by atoms with van der Waals surface area (Å²) in [6.07, 6.45) is 1.63. The van der Waals surface area contributed by atoms with Crippen molar-refractivity contribution in [3.05, 3.63) is 70.1 Å². The zero-order valence-electron chi connectivity index (χ0n) is 14.7. The molecule has 0 spiro atoms. The van der Waals surface area contributed by atoms with Crippen LogP contribution in [0, 0.1) is 0 Å². The number of hydrogen-bond donors (Lipinski definition) is 0. The van der Waals surface area contributed by atoms with Crippen molar-refractivity contribution in [2.75, 3.05) is 31.1 Å². The molecule has 4 rings (SSSR count). The van der Waals surface area contributed by atoms with Crippen molar-refractivity contribution in [2.45, 2.75) is 6.54 Å². The summed E-state index contributed by atoms with van der Waals surface area (Å²) in [6.45, 7) is 2.63. The van der Waals surface area contributed by atoms with E-state index < -0.39 is 0 Å². The molecule has 1 aliphatic rings. The fourth-order valence-corrected chi connectivity index (χ4v) is 3.54. The molecule has 1 amide bonds. The molecule has 6 nitrogen and oxygen atoms in total. The summed E-state index contributed by atoms with van der Waals surface area (Å²) < 4.78 is 1.24. The highest BCUT2D eigenvalue weighted by atomic mass is 35.5. The Morgan fingerprint density at radius 2 is 1.81 bits per heavy atom. The summed E-state index contributed by atoms with van der Waals surface area (Å²) in [5.74, 6) is -0.0920. The second kappa shape index (κ2) is 7.40. The van der Waals surface area contributed by atoms with Crippen LogP contribution >= 0.6 is 11.6 Å². The minimum absolute atomic E-state index is 0.0408. The third-order valence-electron chi connectivity index (χ3n) is 4.85. The number of amides is 1. The Balaban J connectivity index is 1.43. The van der Waals surface area contributed by atoms with E-state index in [2.05, 4.69) is 10.00 Å². The van der Waals surface area contributed by atoms with E-state index in [1.807, 2.05) is 42.5 Å². The first-order valence-electron chi connectivity index (χ1n) is 8.85. The number of benzene rings is 2. The molecule has 0 N–H and O–H groups in total. The predicted molar refractivity (Wildman–Crippen MR) is 106 cm³/mol. The zero-order valence-corrected chi connectivity index (χ0v) is 15.5. The molecule has 1 aliphatic heterocycles. The van der Waals surface area contributed by atoms with E-state index in [1.165, 1.54) is 4.68 Å². The van der Waals surface area contributed by atoms with E-state index >= 15 is 0 Å². The van der Waals surface area contributed by atoms with Crippen LogP contribution in [0.2, 0.25) is 5.02 Å². The van der Waals surface area contributed by atoms with Crippen molar-refractivity contribution in [3.63, 3.8) is 0 Å². The molecule has 7 heteroatoms. The molecule has 27 heavy (non-hydrogen) atoms. The Morgan fingerprint density at radius 1 is 1.04 bits per heavy atom. The van der Waals surface area contributed by atoms with Crippen LogP contribution in [0.3, 0.4) is 0 Å². The van der Waals surface area contributed by atoms with Gasteiger partial charge in [0.25, 0.3) is 5.56 Å². The zero-order chi connectivity index (χ0) is 18.8. The highest BCUT2D eigenvalue weighted by Gasteiger charge is 2.22. The molecule has 0 bridgehead atoms. The van der Waals surface area contributed by atoms with Gasteiger partial charge in [0.2, 0.25) is 5.91 Å². The number of carbonyl (C=O) groups excluding carboxylic acids is 1. The van der Waals surface area contributed by atoms with E-state index in [-0.39, 0.29) is 18.0 Å². The minimum Gasteiger partial charge on any atom is -0.368 e. The Hall–Kier alpha value is -2.86. The van der Waals surface area contributed by atoms with Gasteiger partial charge in [-0.1, -0.05) is 35.9 Å². The van der Waals surface area contributed by atoms with Crippen molar-refractivity contribution in [1.29, 1.82) is 0 Å². The number of aromatic nitrogens is 2. The van der Waals surface area contributed by atoms with Gasteiger partial charge >= 0.3 is 0 Å². The van der Waals surface area contributed by atoms with E-state index in [0.717, 1.165) is 24.2 Å². The van der Waals surface area contributed by atoms with Gasteiger partial charge in [-0.3, -0.25) is 9.59 Å². The smallest absolute Gasteiger partial charge is 0.275 e. The van der Waals surface area contributed by atoms with Crippen LogP contribution in [-0.4, -0.2) is 46.8 Å². The highest BCUT2D eigenvalue weighted by molar-refractivity contribution is 6.30. The Bertz CT molecular complexity index is 1040. The number of fused-ring (bicyclic) bond motifs is 1. The van der Waals surface area contributed by atoms with E-state index in [1.54, 1.807) is 17.2 Å². The fourth-order valence-electron chi connectivity index (χ4n) is 3.36. The van der Waals surface area contributed by atoms with Crippen LogP contribution < -0.4 is 10.5 Å². The minimum atomic E-state index is -0.237. The topological polar surface area (TPSA) is 58.4 Å². The van der Waals surface area contributed by atoms with Crippen LogP contribution in [0.1, 0.15) is 0 Å². The van der Waals surface area contributed by atoms with Crippen molar-refractivity contribution >= 4 is 34.0 Å². The van der Waals surface area contributed by atoms with E-state index in [9.17, 15) is 9.59 Å². The lowest BCUT2D eigenvalue weighted by Gasteiger charge is -2.36. The lowest BCUT2D eigenvalue weighted by Crippen LogP contribution is -2.50. The average Bonchev–Trinajstić information content (AvgIpc) is 2.70. The van der Waals surface area contributed by atoms with Crippen LogP contribution in [0.25, 0.3) is 10.8 Å². The third kappa shape index (κ3) is 3.66. The van der Waals surface area contributed by atoms with Crippen LogP contribution in [0.15, 0.2) is 59.5 Å². The molecule has 1 saturated heterocycles. The summed E-state index contributed by atoms with van der Waals surface area (Å²) in [7, 11) is 0. The second-order valence-electron chi connectivity index (χ2n) is 6.54. The predicted octanol–water partition coefficient (Wildman–Crippen LogP) is 2.40. The SMILES string of the molecule is O=C(Cn1ncc2ccccc2c1=O)N1CCN(c2cccc(Cl)c2)CC1. The summed E-state index contributed by atoms with van der Waals surface area (Å²) in [4.78, 5) is 29.2. The number of hydrogen-bond acceptors (Lipinski definition) is 4. The van der Waals surface area contributed by atoms with Gasteiger partial charge in [0, 0.05) is 42.3 Å². The summed E-state index contributed by atoms with van der Waals surface area (Å²) in [5.41, 5.74) is 0.820. The molecular formula is C20H19ClN4O2. The van der Waals surface area contributed by atoms with E-state index in [0.29, 0.717) is 23.5 Å². The Morgan fingerprint density at radius 3 is 2.59 bits per heavy atom. The van der Waals surface area contributed by atoms with Gasteiger partial charge < -0.3 is 9.80 Å². The standard InChI is InChI=1S/C20H19ClN4O2/c21-16-5-3-6-17(12-16)23-8-10-24(11-9-23)19(26)14-25-20(27)18-7-2-1-4-15(18)13-22-25/h1-7,12-13H,8-11,14H2. The monoisotopic (exact) mass is 382 g/mol. The maximum absolute atomic E-state index is 12.6. The van der Waals surface area contributed by atoms with Gasteiger partial charge in [0.15, 0.2) is 0 Å². The fraction of sp³-hybridized carbons (Fsp3) is 0.250. The third-order valence-corrected chi connectivity index (χ3v) is 5.09. The molecule has 0 saturated carbocycles. The summed E-state index contributed by atoms with van der Waals surface area (Å²) in [5, 5.41) is 6.20. The number of anilines is 1. The van der Waals surface area contributed by atoms with E-state index in [4.69, 9.17) is 11.6 Å². The molecule has 0 unspecified atom stereocenters. The summed E-state index contributed by atoms with van der Waals surface area (Å²) in [6, 6.07) is 15.0. The van der Waals surface area contributed by atoms with Crippen LogP contribution in [0.5, 0.6) is 0 Å². The van der Waals surface area contributed by atoms with Gasteiger partial charge in [-0.05, 0) is 24.3 Å². The highest BCUT2D eigenvalue weighted by Crippen LogP contribution is 2.20. The maximum Gasteiger partial charge on any atom is 0.275 e. The van der Waals surface area contributed by atoms with Crippen LogP contribution in [0.4, 0.5) is 5.69 Å². The Labute approximate surface area is 161 Å². The van der Waals surface area contributed by atoms with Gasteiger partial charge in [-0.25, -0.2) is 4.68 Å². The van der Waals surface area contributed by atoms with Crippen molar-refractivity contribution in [1.82, 2.24) is 14.7 Å². The molecular weight excluding hydrogens is 364 g/mol. The first kappa shape index (κ1) is 17.5. The lowest BCUT2D eigenvalue weighted by molar-refractivity contribution is -0.132. The van der Waals surface area contributed by atoms with Gasteiger partial charge in [0.05, 0.1) is 11.6 Å². The number of nitrogens with zero attached hydrogens (tertiary/aromatic N) is 4. The van der Waals surface area contributed by atoms with Crippen LogP contribution in [-0.2, 0) is 11.3 Å². The molecule has 1 aromatic heterocycles. The van der Waals surface area contributed by atoms with Gasteiger partial charge in [-0.15, -0.1) is 0 Å². The number of rotatable bonds is 3. The largest absolute Gasteiger partial charge is 0.368 e. The quantitative estimate of drug-likeness (QED) is 0.698. The number of piperazine rings is 1. The summed E-state index contributed by atoms with van der Waals surface area (Å²) >= 11 is 6.06. The lowest BCUT2D eigenvalue weighted by atomic mass is 10.2.